The fourth-order valence-electron chi connectivity index (χ4n) is 2.25. The number of benzene rings is 2. The monoisotopic (exact) mass is 352 g/mol. The van der Waals surface area contributed by atoms with Gasteiger partial charge in [-0.2, -0.15) is 0 Å². The Labute approximate surface area is 154 Å². The second kappa shape index (κ2) is 10.0. The van der Waals surface area contributed by atoms with Crippen LogP contribution in [-0.2, 0) is 9.59 Å². The summed E-state index contributed by atoms with van der Waals surface area (Å²) in [5, 5.41) is 5.54. The van der Waals surface area contributed by atoms with E-state index in [1.807, 2.05) is 36.4 Å². The zero-order chi connectivity index (χ0) is 18.8. The Morgan fingerprint density at radius 1 is 1.04 bits per heavy atom. The summed E-state index contributed by atoms with van der Waals surface area (Å²) in [5.74, 6) is 0.317. The molecule has 26 heavy (non-hydrogen) atoms. The van der Waals surface area contributed by atoms with Crippen molar-refractivity contribution < 1.29 is 14.3 Å². The second-order valence-corrected chi connectivity index (χ2v) is 5.82. The summed E-state index contributed by atoms with van der Waals surface area (Å²) in [4.78, 5) is 23.2. The summed E-state index contributed by atoms with van der Waals surface area (Å²) in [5.41, 5.74) is 2.23. The van der Waals surface area contributed by atoms with E-state index in [0.29, 0.717) is 18.0 Å². The van der Waals surface area contributed by atoms with Crippen LogP contribution in [0.15, 0.2) is 54.6 Å². The Kier molecular flexibility index (Phi) is 7.43. The number of carbonyl (C=O) groups is 2. The zero-order valence-electron chi connectivity index (χ0n) is 15.1. The number of unbranched alkanes of at least 4 members (excludes halogenated alkanes) is 1. The third-order valence-electron chi connectivity index (χ3n) is 3.56. The van der Waals surface area contributed by atoms with E-state index < -0.39 is 0 Å². The van der Waals surface area contributed by atoms with Crippen LogP contribution < -0.4 is 15.4 Å². The summed E-state index contributed by atoms with van der Waals surface area (Å²) in [6.07, 6.45) is 5.21. The largest absolute Gasteiger partial charge is 0.491 e. The minimum absolute atomic E-state index is 0.118. The number of rotatable bonds is 8. The number of hydrogen-bond acceptors (Lipinski definition) is 3. The van der Waals surface area contributed by atoms with Crippen LogP contribution in [0.5, 0.6) is 5.75 Å². The lowest BCUT2D eigenvalue weighted by atomic mass is 10.2. The van der Waals surface area contributed by atoms with Crippen molar-refractivity contribution in [1.29, 1.82) is 0 Å². The molecule has 2 amide bonds. The topological polar surface area (TPSA) is 67.4 Å². The smallest absolute Gasteiger partial charge is 0.248 e. The summed E-state index contributed by atoms with van der Waals surface area (Å²) < 4.78 is 5.71. The highest BCUT2D eigenvalue weighted by Crippen LogP contribution is 2.24. The van der Waals surface area contributed by atoms with Gasteiger partial charge in [-0.3, -0.25) is 9.59 Å². The number of nitrogens with one attached hydrogen (secondary N) is 2. The third kappa shape index (κ3) is 6.43. The SMILES string of the molecule is CCCCOc1ccccc1NC(=O)/C=C/c1ccc(NC(C)=O)cc1. The minimum Gasteiger partial charge on any atom is -0.491 e. The van der Waals surface area contributed by atoms with Gasteiger partial charge in [-0.15, -0.1) is 0 Å². The van der Waals surface area contributed by atoms with Crippen LogP contribution in [0.1, 0.15) is 32.3 Å². The van der Waals surface area contributed by atoms with Crippen molar-refractivity contribution >= 4 is 29.3 Å². The first-order valence-corrected chi connectivity index (χ1v) is 8.67. The standard InChI is InChI=1S/C21H24N2O3/c1-3-4-15-26-20-8-6-5-7-19(20)23-21(25)14-11-17-9-12-18(13-10-17)22-16(2)24/h5-14H,3-4,15H2,1-2H3,(H,22,24)(H,23,25)/b14-11+. The number of para-hydroxylation sites is 2. The van der Waals surface area contributed by atoms with Crippen LogP contribution in [-0.4, -0.2) is 18.4 Å². The quantitative estimate of drug-likeness (QED) is 0.544. The van der Waals surface area contributed by atoms with E-state index in [1.54, 1.807) is 18.2 Å². The van der Waals surface area contributed by atoms with Crippen molar-refractivity contribution in [2.75, 3.05) is 17.2 Å². The first-order valence-electron chi connectivity index (χ1n) is 8.67. The molecule has 0 aliphatic rings. The molecule has 0 bridgehead atoms. The Bertz CT molecular complexity index is 767. The number of hydrogen-bond donors (Lipinski definition) is 2. The van der Waals surface area contributed by atoms with Crippen LogP contribution in [0.25, 0.3) is 6.08 Å². The van der Waals surface area contributed by atoms with Gasteiger partial charge in [-0.25, -0.2) is 0 Å². The number of anilines is 2. The molecule has 2 aromatic carbocycles. The first-order chi connectivity index (χ1) is 12.6. The molecule has 5 nitrogen and oxygen atoms in total. The molecule has 0 aliphatic carbocycles. The molecule has 0 spiro atoms. The maximum Gasteiger partial charge on any atom is 0.248 e. The van der Waals surface area contributed by atoms with Gasteiger partial charge < -0.3 is 15.4 Å². The molecule has 2 aromatic rings. The average molecular weight is 352 g/mol. The highest BCUT2D eigenvalue weighted by atomic mass is 16.5. The number of ether oxygens (including phenoxy) is 1. The molecule has 0 fully saturated rings. The summed E-state index contributed by atoms with van der Waals surface area (Å²) in [6.45, 7) is 4.19. The van der Waals surface area contributed by atoms with Gasteiger partial charge in [0.25, 0.3) is 0 Å². The molecular formula is C21H24N2O3. The molecular weight excluding hydrogens is 328 g/mol. The normalized spacial score (nSPS) is 10.5. The Balaban J connectivity index is 1.96. The van der Waals surface area contributed by atoms with Gasteiger partial charge in [0.05, 0.1) is 12.3 Å². The van der Waals surface area contributed by atoms with Crippen LogP contribution in [0, 0.1) is 0 Å². The molecule has 0 unspecified atom stereocenters. The van der Waals surface area contributed by atoms with Crippen molar-refractivity contribution in [3.63, 3.8) is 0 Å². The van der Waals surface area contributed by atoms with E-state index in [1.165, 1.54) is 13.0 Å². The minimum atomic E-state index is -0.234. The van der Waals surface area contributed by atoms with E-state index in [0.717, 1.165) is 24.1 Å². The van der Waals surface area contributed by atoms with Crippen molar-refractivity contribution in [3.05, 3.63) is 60.2 Å². The van der Waals surface area contributed by atoms with Gasteiger partial charge >= 0.3 is 0 Å². The van der Waals surface area contributed by atoms with Crippen molar-refractivity contribution in [2.45, 2.75) is 26.7 Å². The first kappa shape index (κ1) is 19.2. The van der Waals surface area contributed by atoms with E-state index in [-0.39, 0.29) is 11.8 Å². The van der Waals surface area contributed by atoms with Crippen LogP contribution in [0.2, 0.25) is 0 Å². The molecule has 5 heteroatoms. The molecule has 0 atom stereocenters. The number of amides is 2. The van der Waals surface area contributed by atoms with Gasteiger partial charge in [0, 0.05) is 18.7 Å². The van der Waals surface area contributed by atoms with Crippen LogP contribution >= 0.6 is 0 Å². The van der Waals surface area contributed by atoms with Gasteiger partial charge in [0.2, 0.25) is 11.8 Å². The third-order valence-corrected chi connectivity index (χ3v) is 3.56. The van der Waals surface area contributed by atoms with Crippen LogP contribution in [0.4, 0.5) is 11.4 Å². The maximum absolute atomic E-state index is 12.2. The Morgan fingerprint density at radius 2 is 1.77 bits per heavy atom. The zero-order valence-corrected chi connectivity index (χ0v) is 15.1. The fourth-order valence-corrected chi connectivity index (χ4v) is 2.25. The number of carbonyl (C=O) groups excluding carboxylic acids is 2. The molecule has 0 aromatic heterocycles. The summed E-state index contributed by atoms with van der Waals surface area (Å²) >= 11 is 0. The second-order valence-electron chi connectivity index (χ2n) is 5.82. The van der Waals surface area contributed by atoms with Gasteiger partial charge in [0.15, 0.2) is 0 Å². The van der Waals surface area contributed by atoms with E-state index >= 15 is 0 Å². The van der Waals surface area contributed by atoms with Crippen molar-refractivity contribution in [1.82, 2.24) is 0 Å². The highest BCUT2D eigenvalue weighted by Gasteiger charge is 2.05. The fraction of sp³-hybridized carbons (Fsp3) is 0.238. The van der Waals surface area contributed by atoms with Gasteiger partial charge in [-0.1, -0.05) is 37.6 Å². The predicted molar refractivity (Wildman–Crippen MR) is 105 cm³/mol. The lowest BCUT2D eigenvalue weighted by Crippen LogP contribution is -2.09. The summed E-state index contributed by atoms with van der Waals surface area (Å²) in [7, 11) is 0. The van der Waals surface area contributed by atoms with Crippen molar-refractivity contribution in [2.24, 2.45) is 0 Å². The van der Waals surface area contributed by atoms with E-state index in [4.69, 9.17) is 4.74 Å². The predicted octanol–water partition coefficient (Wildman–Crippen LogP) is 4.48. The average Bonchev–Trinajstić information content (AvgIpc) is 2.62. The maximum atomic E-state index is 12.2. The van der Waals surface area contributed by atoms with Gasteiger partial charge in [0.1, 0.15) is 5.75 Å². The van der Waals surface area contributed by atoms with E-state index in [9.17, 15) is 9.59 Å². The molecule has 0 saturated carbocycles. The lowest BCUT2D eigenvalue weighted by Gasteiger charge is -2.11. The molecule has 2 N–H and O–H groups in total. The van der Waals surface area contributed by atoms with Crippen LogP contribution in [0.3, 0.4) is 0 Å². The molecule has 0 radical (unpaired) electrons. The molecule has 2 rings (SSSR count). The van der Waals surface area contributed by atoms with Gasteiger partial charge in [-0.05, 0) is 42.3 Å². The molecule has 0 aliphatic heterocycles. The highest BCUT2D eigenvalue weighted by molar-refractivity contribution is 6.02. The summed E-state index contributed by atoms with van der Waals surface area (Å²) in [6, 6.07) is 14.6. The Morgan fingerprint density at radius 3 is 2.46 bits per heavy atom. The lowest BCUT2D eigenvalue weighted by molar-refractivity contribution is -0.114. The molecule has 136 valence electrons. The molecule has 0 heterocycles. The van der Waals surface area contributed by atoms with Crippen molar-refractivity contribution in [3.8, 4) is 5.75 Å². The van der Waals surface area contributed by atoms with E-state index in [2.05, 4.69) is 17.6 Å². The molecule has 0 saturated heterocycles. The Hall–Kier alpha value is -3.08.